The van der Waals surface area contributed by atoms with E-state index in [0.29, 0.717) is 34.9 Å². The Morgan fingerprint density at radius 3 is 2.47 bits per heavy atom. The minimum Gasteiger partial charge on any atom is -0.507 e. The maximum atomic E-state index is 13.4. The number of ketones is 1. The van der Waals surface area contributed by atoms with Gasteiger partial charge in [-0.2, -0.15) is 0 Å². The van der Waals surface area contributed by atoms with Gasteiger partial charge >= 0.3 is 11.9 Å². The van der Waals surface area contributed by atoms with E-state index >= 15 is 0 Å². The second-order valence-electron chi connectivity index (χ2n) is 8.42. The third kappa shape index (κ3) is 4.78. The number of aromatic nitrogens is 1. The van der Waals surface area contributed by atoms with Crippen molar-refractivity contribution in [3.8, 4) is 11.5 Å². The first-order chi connectivity index (χ1) is 18.2. The van der Waals surface area contributed by atoms with E-state index in [1.165, 1.54) is 19.1 Å². The maximum absolute atomic E-state index is 13.4. The molecule has 38 heavy (non-hydrogen) atoms. The highest BCUT2D eigenvalue weighted by atomic mass is 32.1. The van der Waals surface area contributed by atoms with Crippen LogP contribution >= 0.6 is 11.3 Å². The predicted octanol–water partition coefficient (Wildman–Crippen LogP) is 4.75. The summed E-state index contributed by atoms with van der Waals surface area (Å²) in [5, 5.41) is 11.5. The number of Topliss-reactive ketones (excluding diaryl/α,β-unsaturated/α-hetero) is 1. The number of aliphatic hydroxyl groups is 1. The van der Waals surface area contributed by atoms with Crippen molar-refractivity contribution in [3.63, 3.8) is 0 Å². The van der Waals surface area contributed by atoms with Crippen LogP contribution in [0.2, 0.25) is 0 Å². The average Bonchev–Trinajstić information content (AvgIpc) is 3.43. The third-order valence-electron chi connectivity index (χ3n) is 6.04. The summed E-state index contributed by atoms with van der Waals surface area (Å²) in [6, 6.07) is 10.8. The Hall–Kier alpha value is -4.44. The molecule has 1 aliphatic rings. The van der Waals surface area contributed by atoms with Crippen LogP contribution in [0.15, 0.2) is 60.7 Å². The largest absolute Gasteiger partial charge is 0.507 e. The molecule has 1 N–H and O–H groups in total. The zero-order valence-corrected chi connectivity index (χ0v) is 22.1. The molecule has 0 aliphatic carbocycles. The van der Waals surface area contributed by atoms with Crippen LogP contribution in [-0.2, 0) is 14.3 Å². The predicted molar refractivity (Wildman–Crippen MR) is 143 cm³/mol. The number of aliphatic hydroxyl groups excluding tert-OH is 1. The number of nitrogens with zero attached hydrogens (tertiary/aromatic N) is 2. The van der Waals surface area contributed by atoms with Crippen molar-refractivity contribution in [2.45, 2.75) is 19.9 Å². The minimum atomic E-state index is -1.01. The zero-order chi connectivity index (χ0) is 27.6. The van der Waals surface area contributed by atoms with Crippen LogP contribution in [-0.4, -0.2) is 48.6 Å². The Morgan fingerprint density at radius 1 is 1.16 bits per heavy atom. The second-order valence-corrected chi connectivity index (χ2v) is 9.40. The van der Waals surface area contributed by atoms with Crippen molar-refractivity contribution in [2.75, 3.05) is 25.7 Å². The maximum Gasteiger partial charge on any atom is 0.350 e. The van der Waals surface area contributed by atoms with Crippen LogP contribution in [0.1, 0.15) is 38.1 Å². The monoisotopic (exact) mass is 534 g/mol. The van der Waals surface area contributed by atoms with E-state index in [4.69, 9.17) is 14.2 Å². The van der Waals surface area contributed by atoms with E-state index in [2.05, 4.69) is 11.6 Å². The number of carbonyl (C=O) groups is 3. The SMILES string of the molecule is C=CCOc1ccc(C(O)=C2C(=O)C(=O)N(c3nc(C)c(C(=O)OC)s3)[C@@H]2c2ccc(OC)cc2)cc1C. The van der Waals surface area contributed by atoms with E-state index in [1.54, 1.807) is 62.4 Å². The Bertz CT molecular complexity index is 1460. The summed E-state index contributed by atoms with van der Waals surface area (Å²) >= 11 is 0.937. The number of amides is 1. The summed E-state index contributed by atoms with van der Waals surface area (Å²) in [5.74, 6) is -1.51. The molecule has 0 spiro atoms. The average molecular weight is 535 g/mol. The first-order valence-electron chi connectivity index (χ1n) is 11.6. The highest BCUT2D eigenvalue weighted by Crippen LogP contribution is 2.44. The van der Waals surface area contributed by atoms with E-state index in [-0.39, 0.29) is 21.3 Å². The van der Waals surface area contributed by atoms with E-state index < -0.39 is 23.7 Å². The topological polar surface area (TPSA) is 115 Å². The van der Waals surface area contributed by atoms with Crippen molar-refractivity contribution in [1.82, 2.24) is 4.98 Å². The summed E-state index contributed by atoms with van der Waals surface area (Å²) in [7, 11) is 2.78. The Labute approximate surface area is 223 Å². The summed E-state index contributed by atoms with van der Waals surface area (Å²) in [6.07, 6.45) is 1.62. The summed E-state index contributed by atoms with van der Waals surface area (Å²) < 4.78 is 15.7. The van der Waals surface area contributed by atoms with Gasteiger partial charge in [-0.05, 0) is 55.3 Å². The van der Waals surface area contributed by atoms with Crippen molar-refractivity contribution < 1.29 is 33.7 Å². The Morgan fingerprint density at radius 2 is 1.87 bits per heavy atom. The number of benzene rings is 2. The molecule has 0 radical (unpaired) electrons. The number of methoxy groups -OCH3 is 2. The van der Waals surface area contributed by atoms with E-state index in [9.17, 15) is 19.5 Å². The lowest BCUT2D eigenvalue weighted by Crippen LogP contribution is -2.29. The van der Waals surface area contributed by atoms with Gasteiger partial charge in [0.15, 0.2) is 5.13 Å². The number of hydrogen-bond acceptors (Lipinski definition) is 9. The number of anilines is 1. The van der Waals surface area contributed by atoms with Gasteiger partial charge in [0.1, 0.15) is 28.7 Å². The summed E-state index contributed by atoms with van der Waals surface area (Å²) in [4.78, 5) is 44.8. The molecule has 1 amide bonds. The number of rotatable bonds is 8. The van der Waals surface area contributed by atoms with Crippen LogP contribution in [0.25, 0.3) is 5.76 Å². The van der Waals surface area contributed by atoms with Gasteiger partial charge in [0, 0.05) is 5.56 Å². The fourth-order valence-corrected chi connectivity index (χ4v) is 5.17. The van der Waals surface area contributed by atoms with Crippen molar-refractivity contribution in [2.24, 2.45) is 0 Å². The number of aryl methyl sites for hydroxylation is 2. The molecule has 1 fully saturated rings. The van der Waals surface area contributed by atoms with Gasteiger partial charge < -0.3 is 19.3 Å². The fraction of sp³-hybridized carbons (Fsp3) is 0.214. The van der Waals surface area contributed by atoms with Crippen LogP contribution in [0.4, 0.5) is 5.13 Å². The second kappa shape index (κ2) is 10.9. The molecule has 1 aliphatic heterocycles. The quantitative estimate of drug-likeness (QED) is 0.145. The fourth-order valence-electron chi connectivity index (χ4n) is 4.16. The molecule has 1 aromatic heterocycles. The summed E-state index contributed by atoms with van der Waals surface area (Å²) in [6.45, 7) is 7.37. The molecule has 196 valence electrons. The molecule has 0 unspecified atom stereocenters. The minimum absolute atomic E-state index is 0.105. The molecule has 4 rings (SSSR count). The van der Waals surface area contributed by atoms with Crippen LogP contribution in [0.5, 0.6) is 11.5 Å². The number of ether oxygens (including phenoxy) is 3. The van der Waals surface area contributed by atoms with Gasteiger partial charge in [0.25, 0.3) is 5.78 Å². The van der Waals surface area contributed by atoms with Crippen molar-refractivity contribution in [1.29, 1.82) is 0 Å². The molecule has 3 aromatic rings. The molecule has 10 heteroatoms. The molecule has 0 bridgehead atoms. The first-order valence-corrected chi connectivity index (χ1v) is 12.4. The lowest BCUT2D eigenvalue weighted by molar-refractivity contribution is -0.132. The standard InChI is InChI=1S/C28H26N2O7S/c1-6-13-37-20-12-9-18(14-15(20)2)23(31)21-22(17-7-10-19(35-4)11-8-17)30(26(33)24(21)32)28-29-16(3)25(38-28)27(34)36-5/h6-12,14,22,31H,1,13H2,2-5H3/t22-/m1/s1. The number of thiazole rings is 1. The molecular weight excluding hydrogens is 508 g/mol. The van der Waals surface area contributed by atoms with Crippen LogP contribution in [0.3, 0.4) is 0 Å². The molecule has 1 atom stereocenters. The molecular formula is C28H26N2O7S. The van der Waals surface area contributed by atoms with Gasteiger partial charge in [0.2, 0.25) is 0 Å². The van der Waals surface area contributed by atoms with E-state index in [1.807, 2.05) is 0 Å². The normalized spacial score (nSPS) is 16.4. The third-order valence-corrected chi connectivity index (χ3v) is 7.18. The lowest BCUT2D eigenvalue weighted by atomic mass is 9.95. The number of hydrogen-bond donors (Lipinski definition) is 1. The van der Waals surface area contributed by atoms with Crippen molar-refractivity contribution in [3.05, 3.63) is 88.0 Å². The highest BCUT2D eigenvalue weighted by Gasteiger charge is 2.48. The smallest absolute Gasteiger partial charge is 0.350 e. The van der Waals surface area contributed by atoms with Gasteiger partial charge in [-0.1, -0.05) is 36.1 Å². The Balaban J connectivity index is 1.89. The lowest BCUT2D eigenvalue weighted by Gasteiger charge is -2.23. The molecule has 9 nitrogen and oxygen atoms in total. The summed E-state index contributed by atoms with van der Waals surface area (Å²) in [5.41, 5.74) is 1.87. The van der Waals surface area contributed by atoms with Gasteiger partial charge in [-0.15, -0.1) is 0 Å². The molecule has 1 saturated heterocycles. The van der Waals surface area contributed by atoms with Crippen LogP contribution in [0, 0.1) is 13.8 Å². The number of esters is 1. The van der Waals surface area contributed by atoms with E-state index in [0.717, 1.165) is 16.9 Å². The molecule has 0 saturated carbocycles. The molecule has 2 heterocycles. The van der Waals surface area contributed by atoms with Gasteiger partial charge in [0.05, 0.1) is 31.5 Å². The number of carbonyl (C=O) groups excluding carboxylic acids is 3. The molecule has 2 aromatic carbocycles. The highest BCUT2D eigenvalue weighted by molar-refractivity contribution is 7.17. The Kier molecular flexibility index (Phi) is 7.63. The van der Waals surface area contributed by atoms with Gasteiger partial charge in [-0.25, -0.2) is 9.78 Å². The first kappa shape index (κ1) is 26.6. The van der Waals surface area contributed by atoms with Crippen LogP contribution < -0.4 is 14.4 Å². The zero-order valence-electron chi connectivity index (χ0n) is 21.3. The van der Waals surface area contributed by atoms with Gasteiger partial charge in [-0.3, -0.25) is 14.5 Å². The van der Waals surface area contributed by atoms with Crippen molar-refractivity contribution >= 4 is 39.9 Å².